The van der Waals surface area contributed by atoms with Crippen LogP contribution in [-0.4, -0.2) is 41.3 Å². The average molecular weight is 327 g/mol. The smallest absolute Gasteiger partial charge is 0.325 e. The Balaban J connectivity index is 2.85. The lowest BCUT2D eigenvalue weighted by Gasteiger charge is -2.23. The second kappa shape index (κ2) is 5.96. The highest BCUT2D eigenvalue weighted by atomic mass is 32.2. The van der Waals surface area contributed by atoms with Gasteiger partial charge in [0.1, 0.15) is 12.4 Å². The lowest BCUT2D eigenvalue weighted by molar-refractivity contribution is -0.141. The van der Waals surface area contributed by atoms with Crippen molar-refractivity contribution in [3.63, 3.8) is 0 Å². The van der Waals surface area contributed by atoms with Gasteiger partial charge in [-0.15, -0.1) is 0 Å². The molecule has 0 bridgehead atoms. The van der Waals surface area contributed by atoms with Crippen LogP contribution in [0.3, 0.4) is 0 Å². The van der Waals surface area contributed by atoms with Crippen molar-refractivity contribution < 1.29 is 21.6 Å². The number of sulfonamides is 1. The quantitative estimate of drug-likeness (QED) is 0.833. The summed E-state index contributed by atoms with van der Waals surface area (Å²) < 4.78 is 63.4. The standard InChI is InChI=1S/C12H20F3N3O2S/c1-11(2,3)9-21(19,20)17(4)7-10-16-5-6-18(10)8-12(13,14)15/h5-6H,7-9H2,1-4H3. The number of imidazole rings is 1. The lowest BCUT2D eigenvalue weighted by atomic mass is 10.0. The van der Waals surface area contributed by atoms with E-state index in [9.17, 15) is 21.6 Å². The minimum atomic E-state index is -4.38. The van der Waals surface area contributed by atoms with Gasteiger partial charge in [0.25, 0.3) is 0 Å². The molecule has 0 spiro atoms. The van der Waals surface area contributed by atoms with Gasteiger partial charge in [-0.1, -0.05) is 20.8 Å². The molecule has 1 heterocycles. The summed E-state index contributed by atoms with van der Waals surface area (Å²) in [5.41, 5.74) is -0.436. The third-order valence-corrected chi connectivity index (χ3v) is 4.92. The summed E-state index contributed by atoms with van der Waals surface area (Å²) in [6.07, 6.45) is -1.96. The molecule has 9 heteroatoms. The second-order valence-corrected chi connectivity index (χ2v) is 8.24. The molecular weight excluding hydrogens is 307 g/mol. The van der Waals surface area contributed by atoms with E-state index in [-0.39, 0.29) is 18.1 Å². The average Bonchev–Trinajstić information content (AvgIpc) is 2.59. The first-order valence-electron chi connectivity index (χ1n) is 6.31. The van der Waals surface area contributed by atoms with Crippen LogP contribution in [0.5, 0.6) is 0 Å². The van der Waals surface area contributed by atoms with Crippen LogP contribution in [0.4, 0.5) is 13.2 Å². The van der Waals surface area contributed by atoms with Gasteiger partial charge in [-0.3, -0.25) is 0 Å². The van der Waals surface area contributed by atoms with Crippen molar-refractivity contribution in [3.8, 4) is 0 Å². The van der Waals surface area contributed by atoms with Crippen LogP contribution in [0.15, 0.2) is 12.4 Å². The van der Waals surface area contributed by atoms with Crippen molar-refractivity contribution in [2.75, 3.05) is 12.8 Å². The molecule has 1 rings (SSSR count). The van der Waals surface area contributed by atoms with Gasteiger partial charge in [0.05, 0.1) is 12.3 Å². The summed E-state index contributed by atoms with van der Waals surface area (Å²) in [7, 11) is -2.21. The third kappa shape index (κ3) is 6.04. The van der Waals surface area contributed by atoms with Crippen LogP contribution in [0.1, 0.15) is 26.6 Å². The zero-order chi connectivity index (χ0) is 16.5. The van der Waals surface area contributed by atoms with E-state index >= 15 is 0 Å². The summed E-state index contributed by atoms with van der Waals surface area (Å²) in [4.78, 5) is 3.81. The summed E-state index contributed by atoms with van der Waals surface area (Å²) in [6.45, 7) is 3.96. The molecule has 122 valence electrons. The van der Waals surface area contributed by atoms with Crippen molar-refractivity contribution in [1.29, 1.82) is 0 Å². The molecule has 21 heavy (non-hydrogen) atoms. The van der Waals surface area contributed by atoms with E-state index in [0.717, 1.165) is 8.87 Å². The first kappa shape index (κ1) is 18.0. The number of hydrogen-bond donors (Lipinski definition) is 0. The molecule has 0 aromatic carbocycles. The summed E-state index contributed by atoms with van der Waals surface area (Å²) in [5, 5.41) is 0. The van der Waals surface area contributed by atoms with Crippen molar-refractivity contribution in [1.82, 2.24) is 13.9 Å². The molecule has 0 fully saturated rings. The Hall–Kier alpha value is -1.09. The molecule has 1 aromatic heterocycles. The fourth-order valence-corrected chi connectivity index (χ4v) is 3.41. The summed E-state index contributed by atoms with van der Waals surface area (Å²) in [5.74, 6) is -0.0245. The zero-order valence-corrected chi connectivity index (χ0v) is 13.3. The highest BCUT2D eigenvalue weighted by Crippen LogP contribution is 2.21. The maximum Gasteiger partial charge on any atom is 0.406 e. The van der Waals surface area contributed by atoms with Gasteiger partial charge in [0.2, 0.25) is 10.0 Å². The Labute approximate surface area is 122 Å². The van der Waals surface area contributed by atoms with Crippen LogP contribution in [0.2, 0.25) is 0 Å². The molecule has 0 N–H and O–H groups in total. The summed E-state index contributed by atoms with van der Waals surface area (Å²) >= 11 is 0. The van der Waals surface area contributed by atoms with Gasteiger partial charge < -0.3 is 4.57 Å². The van der Waals surface area contributed by atoms with E-state index in [1.54, 1.807) is 20.8 Å². The van der Waals surface area contributed by atoms with Gasteiger partial charge in [-0.05, 0) is 5.41 Å². The number of hydrogen-bond acceptors (Lipinski definition) is 3. The minimum Gasteiger partial charge on any atom is -0.325 e. The molecule has 0 radical (unpaired) electrons. The van der Waals surface area contributed by atoms with E-state index in [2.05, 4.69) is 4.98 Å². The third-order valence-electron chi connectivity index (χ3n) is 2.61. The molecule has 0 saturated carbocycles. The second-order valence-electron chi connectivity index (χ2n) is 6.16. The predicted octanol–water partition coefficient (Wildman–Crippen LogP) is 2.25. The Morgan fingerprint density at radius 1 is 1.29 bits per heavy atom. The highest BCUT2D eigenvalue weighted by molar-refractivity contribution is 7.89. The fourth-order valence-electron chi connectivity index (χ4n) is 1.78. The van der Waals surface area contributed by atoms with Crippen LogP contribution in [0.25, 0.3) is 0 Å². The molecule has 0 aliphatic rings. The first-order valence-corrected chi connectivity index (χ1v) is 7.92. The number of rotatable bonds is 5. The van der Waals surface area contributed by atoms with E-state index < -0.39 is 28.2 Å². The largest absolute Gasteiger partial charge is 0.406 e. The van der Waals surface area contributed by atoms with Crippen molar-refractivity contribution in [2.24, 2.45) is 5.41 Å². The minimum absolute atomic E-state index is 0.0623. The molecule has 5 nitrogen and oxygen atoms in total. The number of halogens is 3. The van der Waals surface area contributed by atoms with Gasteiger partial charge in [0, 0.05) is 19.4 Å². The van der Waals surface area contributed by atoms with E-state index in [0.29, 0.717) is 0 Å². The SMILES string of the molecule is CN(Cc1nccn1CC(F)(F)F)S(=O)(=O)CC(C)(C)C. The summed E-state index contributed by atoms with van der Waals surface area (Å²) in [6, 6.07) is 0. The van der Waals surface area contributed by atoms with Crippen LogP contribution >= 0.6 is 0 Å². The topological polar surface area (TPSA) is 55.2 Å². The highest BCUT2D eigenvalue weighted by Gasteiger charge is 2.30. The van der Waals surface area contributed by atoms with E-state index in [1.165, 1.54) is 19.4 Å². The zero-order valence-electron chi connectivity index (χ0n) is 12.5. The van der Waals surface area contributed by atoms with Gasteiger partial charge in [-0.25, -0.2) is 13.4 Å². The maximum atomic E-state index is 12.4. The lowest BCUT2D eigenvalue weighted by Crippen LogP contribution is -2.35. The molecule has 0 aliphatic carbocycles. The van der Waals surface area contributed by atoms with Gasteiger partial charge in [0.15, 0.2) is 0 Å². The fraction of sp³-hybridized carbons (Fsp3) is 0.750. The number of alkyl halides is 3. The Morgan fingerprint density at radius 2 is 1.86 bits per heavy atom. The van der Waals surface area contributed by atoms with Crippen molar-refractivity contribution in [2.45, 2.75) is 40.0 Å². The number of aromatic nitrogens is 2. The Kier molecular flexibility index (Phi) is 5.09. The predicted molar refractivity (Wildman–Crippen MR) is 73.0 cm³/mol. The molecule has 0 saturated heterocycles. The van der Waals surface area contributed by atoms with Crippen LogP contribution < -0.4 is 0 Å². The molecule has 0 atom stereocenters. The molecule has 0 amide bonds. The van der Waals surface area contributed by atoms with E-state index in [1.807, 2.05) is 0 Å². The van der Waals surface area contributed by atoms with Gasteiger partial charge in [-0.2, -0.15) is 17.5 Å². The Bertz CT molecular complexity index is 573. The molecule has 0 unspecified atom stereocenters. The van der Waals surface area contributed by atoms with Crippen LogP contribution in [0, 0.1) is 5.41 Å². The van der Waals surface area contributed by atoms with Crippen molar-refractivity contribution in [3.05, 3.63) is 18.2 Å². The maximum absolute atomic E-state index is 12.4. The monoisotopic (exact) mass is 327 g/mol. The van der Waals surface area contributed by atoms with Crippen LogP contribution in [-0.2, 0) is 23.1 Å². The first-order chi connectivity index (χ1) is 9.30. The molecular formula is C12H20F3N3O2S. The van der Waals surface area contributed by atoms with Crippen molar-refractivity contribution >= 4 is 10.0 Å². The van der Waals surface area contributed by atoms with E-state index in [4.69, 9.17) is 0 Å². The molecule has 1 aromatic rings. The number of nitrogens with zero attached hydrogens (tertiary/aromatic N) is 3. The Morgan fingerprint density at radius 3 is 2.33 bits per heavy atom. The van der Waals surface area contributed by atoms with Gasteiger partial charge >= 0.3 is 6.18 Å². The normalized spacial score (nSPS) is 13.9. The molecule has 0 aliphatic heterocycles.